The van der Waals surface area contributed by atoms with Crippen LogP contribution in [0.5, 0.6) is 0 Å². The first-order valence-electron chi connectivity index (χ1n) is 8.27. The van der Waals surface area contributed by atoms with Crippen LogP contribution < -0.4 is 10.6 Å². The maximum absolute atomic E-state index is 11.0. The van der Waals surface area contributed by atoms with Crippen LogP contribution in [0.3, 0.4) is 0 Å². The molecule has 0 aromatic carbocycles. The van der Waals surface area contributed by atoms with Crippen LogP contribution in [-0.2, 0) is 4.74 Å². The first-order valence-corrected chi connectivity index (χ1v) is 8.27. The van der Waals surface area contributed by atoms with E-state index in [0.717, 1.165) is 25.1 Å². The molecule has 1 rings (SSSR count). The molecule has 0 bridgehead atoms. The van der Waals surface area contributed by atoms with Crippen LogP contribution in [0.1, 0.15) is 33.1 Å². The maximum atomic E-state index is 11.0. The molecule has 0 unspecified atom stereocenters. The molecule has 2 N–H and O–H groups in total. The number of piperidine rings is 1. The summed E-state index contributed by atoms with van der Waals surface area (Å²) in [7, 11) is 1.37. The molecule has 1 aliphatic heterocycles. The Labute approximate surface area is 140 Å². The highest BCUT2D eigenvalue weighted by atomic mass is 16.5. The van der Waals surface area contributed by atoms with Gasteiger partial charge in [-0.2, -0.15) is 0 Å². The molecule has 1 heterocycles. The van der Waals surface area contributed by atoms with Gasteiger partial charge in [-0.25, -0.2) is 4.79 Å². The van der Waals surface area contributed by atoms with Gasteiger partial charge in [-0.3, -0.25) is 0 Å². The van der Waals surface area contributed by atoms with Crippen molar-refractivity contribution in [3.8, 4) is 0 Å². The summed E-state index contributed by atoms with van der Waals surface area (Å²) in [6.07, 6.45) is 11.4. The van der Waals surface area contributed by atoms with E-state index in [0.29, 0.717) is 12.5 Å². The number of hydrogen-bond acceptors (Lipinski definition) is 3. The molecule has 1 amide bonds. The number of methoxy groups -OCH3 is 1. The highest BCUT2D eigenvalue weighted by Gasteiger charge is 2.09. The predicted molar refractivity (Wildman–Crippen MR) is 96.4 cm³/mol. The van der Waals surface area contributed by atoms with Crippen molar-refractivity contribution in [1.82, 2.24) is 10.6 Å². The lowest BCUT2D eigenvalue weighted by molar-refractivity contribution is 0.171. The molecule has 1 aliphatic rings. The average Bonchev–Trinajstić information content (AvgIpc) is 2.54. The van der Waals surface area contributed by atoms with Gasteiger partial charge in [-0.1, -0.05) is 42.0 Å². The second kappa shape index (κ2) is 10.8. The number of ether oxygens (including phenoxy) is 1. The fourth-order valence-electron chi connectivity index (χ4n) is 2.65. The van der Waals surface area contributed by atoms with Crippen molar-refractivity contribution in [2.75, 3.05) is 26.7 Å². The van der Waals surface area contributed by atoms with E-state index in [1.165, 1.54) is 31.1 Å². The van der Waals surface area contributed by atoms with Gasteiger partial charge in [0.15, 0.2) is 0 Å². The van der Waals surface area contributed by atoms with Gasteiger partial charge in [0.2, 0.25) is 0 Å². The van der Waals surface area contributed by atoms with E-state index in [2.05, 4.69) is 54.0 Å². The molecule has 0 aromatic heterocycles. The van der Waals surface area contributed by atoms with Crippen LogP contribution >= 0.6 is 0 Å². The van der Waals surface area contributed by atoms with Crippen molar-refractivity contribution in [3.63, 3.8) is 0 Å². The van der Waals surface area contributed by atoms with Crippen molar-refractivity contribution < 1.29 is 9.53 Å². The molecule has 1 saturated heterocycles. The van der Waals surface area contributed by atoms with Gasteiger partial charge < -0.3 is 15.4 Å². The summed E-state index contributed by atoms with van der Waals surface area (Å²) in [5, 5.41) is 6.12. The Morgan fingerprint density at radius 3 is 2.78 bits per heavy atom. The summed E-state index contributed by atoms with van der Waals surface area (Å²) in [4.78, 5) is 11.0. The molecule has 0 spiro atoms. The molecule has 1 atom stereocenters. The normalized spacial score (nSPS) is 20.1. The fourth-order valence-corrected chi connectivity index (χ4v) is 2.65. The number of amides is 1. The Morgan fingerprint density at radius 1 is 1.39 bits per heavy atom. The zero-order chi connectivity index (χ0) is 17.1. The third-order valence-electron chi connectivity index (χ3n) is 3.85. The summed E-state index contributed by atoms with van der Waals surface area (Å²) in [5.41, 5.74) is 3.56. The summed E-state index contributed by atoms with van der Waals surface area (Å²) in [6.45, 7) is 10.9. The van der Waals surface area contributed by atoms with Gasteiger partial charge in [-0.05, 0) is 51.1 Å². The second-order valence-corrected chi connectivity index (χ2v) is 6.02. The SMILES string of the molecule is C=CC(/C=C(/C)CCNC(=O)OC)=C\C(C)=C\[C@@H]1CCCNC1. The van der Waals surface area contributed by atoms with Crippen molar-refractivity contribution in [3.05, 3.63) is 47.6 Å². The molecule has 23 heavy (non-hydrogen) atoms. The molecule has 0 aromatic rings. The Bertz CT molecular complexity index is 484. The van der Waals surface area contributed by atoms with E-state index in [1.807, 2.05) is 6.08 Å². The molecule has 0 aliphatic carbocycles. The molecule has 1 fully saturated rings. The quantitative estimate of drug-likeness (QED) is 0.703. The zero-order valence-corrected chi connectivity index (χ0v) is 14.7. The predicted octanol–water partition coefficient (Wildman–Crippen LogP) is 3.74. The third-order valence-corrected chi connectivity index (χ3v) is 3.85. The van der Waals surface area contributed by atoms with Crippen molar-refractivity contribution in [1.29, 1.82) is 0 Å². The van der Waals surface area contributed by atoms with Gasteiger partial charge in [0.1, 0.15) is 0 Å². The van der Waals surface area contributed by atoms with Crippen LogP contribution in [0.2, 0.25) is 0 Å². The van der Waals surface area contributed by atoms with Gasteiger partial charge in [0.25, 0.3) is 0 Å². The first kappa shape index (κ1) is 19.2. The smallest absolute Gasteiger partial charge is 0.406 e. The number of alkyl carbamates (subject to hydrolysis) is 1. The van der Waals surface area contributed by atoms with E-state index >= 15 is 0 Å². The molecule has 0 radical (unpaired) electrons. The van der Waals surface area contributed by atoms with Gasteiger partial charge in [0.05, 0.1) is 7.11 Å². The van der Waals surface area contributed by atoms with E-state index in [-0.39, 0.29) is 0 Å². The Morgan fingerprint density at radius 2 is 2.17 bits per heavy atom. The van der Waals surface area contributed by atoms with Crippen molar-refractivity contribution >= 4 is 6.09 Å². The highest BCUT2D eigenvalue weighted by molar-refractivity contribution is 5.66. The fraction of sp³-hybridized carbons (Fsp3) is 0.526. The maximum Gasteiger partial charge on any atom is 0.406 e. The molecule has 0 saturated carbocycles. The minimum Gasteiger partial charge on any atom is -0.453 e. The van der Waals surface area contributed by atoms with E-state index in [9.17, 15) is 4.79 Å². The minimum atomic E-state index is -0.392. The lowest BCUT2D eigenvalue weighted by Gasteiger charge is -2.20. The monoisotopic (exact) mass is 318 g/mol. The van der Waals surface area contributed by atoms with Crippen molar-refractivity contribution in [2.45, 2.75) is 33.1 Å². The van der Waals surface area contributed by atoms with Crippen molar-refractivity contribution in [2.24, 2.45) is 5.92 Å². The van der Waals surface area contributed by atoms with E-state index in [4.69, 9.17) is 0 Å². The minimum absolute atomic E-state index is 0.392. The number of carbonyl (C=O) groups excluding carboxylic acids is 1. The first-order chi connectivity index (χ1) is 11.0. The number of nitrogens with one attached hydrogen (secondary N) is 2. The average molecular weight is 318 g/mol. The topological polar surface area (TPSA) is 50.4 Å². The molecule has 4 nitrogen and oxygen atoms in total. The standard InChI is InChI=1S/C19H30N2O2/c1-5-17(11-15(2)8-10-21-19(22)23-4)12-16(3)13-18-7-6-9-20-14-18/h5,11-13,18,20H,1,6-10,14H2,2-4H3,(H,21,22)/b15-11-,16-13+,17-12+/t18-/m0/s1. The lowest BCUT2D eigenvalue weighted by Crippen LogP contribution is -2.28. The number of allylic oxidation sites excluding steroid dienone is 5. The summed E-state index contributed by atoms with van der Waals surface area (Å²) in [5.74, 6) is 0.625. The van der Waals surface area contributed by atoms with Crippen LogP contribution in [0.15, 0.2) is 47.6 Å². The van der Waals surface area contributed by atoms with E-state index in [1.54, 1.807) is 0 Å². The highest BCUT2D eigenvalue weighted by Crippen LogP contribution is 2.16. The van der Waals surface area contributed by atoms with Gasteiger partial charge >= 0.3 is 6.09 Å². The second-order valence-electron chi connectivity index (χ2n) is 6.02. The number of carbonyl (C=O) groups is 1. The van der Waals surface area contributed by atoms with Crippen LogP contribution in [0.25, 0.3) is 0 Å². The summed E-state index contributed by atoms with van der Waals surface area (Å²) in [6, 6.07) is 0. The lowest BCUT2D eigenvalue weighted by atomic mass is 9.96. The molecule has 128 valence electrons. The molecule has 4 heteroatoms. The zero-order valence-electron chi connectivity index (χ0n) is 14.7. The summed E-state index contributed by atoms with van der Waals surface area (Å²) >= 11 is 0. The number of hydrogen-bond donors (Lipinski definition) is 2. The van der Waals surface area contributed by atoms with Gasteiger partial charge in [0, 0.05) is 13.1 Å². The molecular weight excluding hydrogens is 288 g/mol. The molecular formula is C19H30N2O2. The van der Waals surface area contributed by atoms with Gasteiger partial charge in [-0.15, -0.1) is 0 Å². The Hall–Kier alpha value is -1.81. The van der Waals surface area contributed by atoms with E-state index < -0.39 is 6.09 Å². The Balaban J connectivity index is 2.58. The van der Waals surface area contributed by atoms with Crippen LogP contribution in [-0.4, -0.2) is 32.8 Å². The van der Waals surface area contributed by atoms with Crippen LogP contribution in [0, 0.1) is 5.92 Å². The largest absolute Gasteiger partial charge is 0.453 e. The number of rotatable bonds is 7. The Kier molecular flexibility index (Phi) is 9.07. The third kappa shape index (κ3) is 8.41. The van der Waals surface area contributed by atoms with Crippen LogP contribution in [0.4, 0.5) is 4.79 Å². The summed E-state index contributed by atoms with van der Waals surface area (Å²) < 4.78 is 4.55.